The van der Waals surface area contributed by atoms with Crippen molar-refractivity contribution < 1.29 is 0 Å². The van der Waals surface area contributed by atoms with Gasteiger partial charge in [0, 0.05) is 14.6 Å². The molecular weight excluding hydrogens is 282 g/mol. The summed E-state index contributed by atoms with van der Waals surface area (Å²) in [5.41, 5.74) is 1.57. The molecule has 0 aliphatic heterocycles. The average molecular weight is 298 g/mol. The normalized spacial score (nSPS) is 15.9. The number of thiophene rings is 2. The maximum absolute atomic E-state index is 6.06. The predicted octanol–water partition coefficient (Wildman–Crippen LogP) is 4.65. The van der Waals surface area contributed by atoms with E-state index >= 15 is 0 Å². The highest BCUT2D eigenvalue weighted by atomic mass is 35.5. The fourth-order valence-corrected chi connectivity index (χ4v) is 5.11. The lowest BCUT2D eigenvalue weighted by Crippen LogP contribution is -2.20. The summed E-state index contributed by atoms with van der Waals surface area (Å²) >= 11 is 9.72. The van der Waals surface area contributed by atoms with Crippen molar-refractivity contribution in [3.05, 3.63) is 42.7 Å². The van der Waals surface area contributed by atoms with Gasteiger partial charge in [-0.3, -0.25) is 0 Å². The lowest BCUT2D eigenvalue weighted by molar-refractivity contribution is 0.648. The summed E-state index contributed by atoms with van der Waals surface area (Å²) in [6.07, 6.45) is 3.86. The Kier molecular flexibility index (Phi) is 3.76. The van der Waals surface area contributed by atoms with Crippen molar-refractivity contribution in [1.29, 1.82) is 0 Å². The van der Waals surface area contributed by atoms with Crippen LogP contribution in [0.2, 0.25) is 4.34 Å². The van der Waals surface area contributed by atoms with Gasteiger partial charge in [0.1, 0.15) is 0 Å². The summed E-state index contributed by atoms with van der Waals surface area (Å²) in [6.45, 7) is 3.13. The van der Waals surface area contributed by atoms with E-state index < -0.39 is 0 Å². The summed E-state index contributed by atoms with van der Waals surface area (Å²) < 4.78 is 0.872. The molecule has 96 valence electrons. The molecule has 0 spiro atoms. The number of fused-ring (bicyclic) bond motifs is 1. The molecule has 0 aromatic carbocycles. The van der Waals surface area contributed by atoms with Gasteiger partial charge in [-0.15, -0.1) is 22.7 Å². The molecule has 2 heterocycles. The predicted molar refractivity (Wildman–Crippen MR) is 81.2 cm³/mol. The molecule has 1 aliphatic carbocycles. The first-order valence-electron chi connectivity index (χ1n) is 6.38. The molecule has 0 fully saturated rings. The number of halogens is 1. The first-order chi connectivity index (χ1) is 8.78. The topological polar surface area (TPSA) is 12.0 Å². The maximum atomic E-state index is 6.06. The lowest BCUT2D eigenvalue weighted by atomic mass is 10.1. The Morgan fingerprint density at radius 3 is 2.83 bits per heavy atom. The van der Waals surface area contributed by atoms with Gasteiger partial charge < -0.3 is 5.32 Å². The number of hydrogen-bond donors (Lipinski definition) is 1. The molecule has 0 radical (unpaired) electrons. The van der Waals surface area contributed by atoms with Crippen LogP contribution in [0.5, 0.6) is 0 Å². The van der Waals surface area contributed by atoms with Crippen molar-refractivity contribution in [1.82, 2.24) is 5.32 Å². The molecule has 3 rings (SSSR count). The quantitative estimate of drug-likeness (QED) is 0.866. The molecule has 0 saturated heterocycles. The van der Waals surface area contributed by atoms with Gasteiger partial charge in [-0.2, -0.15) is 0 Å². The van der Waals surface area contributed by atoms with Crippen LogP contribution in [0.25, 0.3) is 0 Å². The summed E-state index contributed by atoms with van der Waals surface area (Å²) in [5.74, 6) is 0. The highest BCUT2D eigenvalue weighted by Gasteiger charge is 2.21. The SMILES string of the molecule is CCNC(c1ccc(Cl)s1)c1cc2c(s1)CCC2. The van der Waals surface area contributed by atoms with Gasteiger partial charge in [0.2, 0.25) is 0 Å². The second-order valence-electron chi connectivity index (χ2n) is 4.58. The fourth-order valence-electron chi connectivity index (χ4n) is 2.52. The Balaban J connectivity index is 1.93. The first kappa shape index (κ1) is 12.7. The number of hydrogen-bond acceptors (Lipinski definition) is 3. The van der Waals surface area contributed by atoms with E-state index in [0.29, 0.717) is 6.04 Å². The van der Waals surface area contributed by atoms with Crippen LogP contribution in [0.15, 0.2) is 18.2 Å². The highest BCUT2D eigenvalue weighted by molar-refractivity contribution is 7.16. The zero-order valence-electron chi connectivity index (χ0n) is 10.3. The number of aryl methyl sites for hydroxylation is 2. The van der Waals surface area contributed by atoms with Gasteiger partial charge in [-0.05, 0) is 49.6 Å². The molecule has 0 saturated carbocycles. The molecule has 0 amide bonds. The zero-order valence-corrected chi connectivity index (χ0v) is 12.7. The van der Waals surface area contributed by atoms with Crippen LogP contribution in [0.4, 0.5) is 0 Å². The standard InChI is InChI=1S/C14H16ClNS2/c1-2-16-14(11-6-7-13(15)18-11)12-8-9-4-3-5-10(9)17-12/h6-8,14,16H,2-5H2,1H3. The van der Waals surface area contributed by atoms with E-state index in [9.17, 15) is 0 Å². The minimum absolute atomic E-state index is 0.322. The smallest absolute Gasteiger partial charge is 0.0931 e. The van der Waals surface area contributed by atoms with E-state index in [1.165, 1.54) is 29.0 Å². The van der Waals surface area contributed by atoms with Crippen LogP contribution < -0.4 is 5.32 Å². The molecule has 4 heteroatoms. The Bertz CT molecular complexity index is 522. The molecule has 1 nitrogen and oxygen atoms in total. The highest BCUT2D eigenvalue weighted by Crippen LogP contribution is 2.38. The molecular formula is C14H16ClNS2. The second-order valence-corrected chi connectivity index (χ2v) is 7.50. The van der Waals surface area contributed by atoms with Crippen molar-refractivity contribution in [3.63, 3.8) is 0 Å². The monoisotopic (exact) mass is 297 g/mol. The molecule has 18 heavy (non-hydrogen) atoms. The van der Waals surface area contributed by atoms with E-state index in [-0.39, 0.29) is 0 Å². The molecule has 2 aromatic heterocycles. The largest absolute Gasteiger partial charge is 0.305 e. The summed E-state index contributed by atoms with van der Waals surface area (Å²) in [7, 11) is 0. The Morgan fingerprint density at radius 1 is 1.28 bits per heavy atom. The van der Waals surface area contributed by atoms with Crippen molar-refractivity contribution >= 4 is 34.3 Å². The van der Waals surface area contributed by atoms with E-state index in [2.05, 4.69) is 24.4 Å². The number of nitrogens with one attached hydrogen (secondary N) is 1. The van der Waals surface area contributed by atoms with Crippen molar-refractivity contribution in [2.24, 2.45) is 0 Å². The Morgan fingerprint density at radius 2 is 2.17 bits per heavy atom. The van der Waals surface area contributed by atoms with Crippen molar-refractivity contribution in [2.75, 3.05) is 6.54 Å². The molecule has 1 atom stereocenters. The molecule has 2 aromatic rings. The van der Waals surface area contributed by atoms with Gasteiger partial charge in [-0.25, -0.2) is 0 Å². The van der Waals surface area contributed by atoms with Crippen LogP contribution in [0.1, 0.15) is 39.6 Å². The van der Waals surface area contributed by atoms with Gasteiger partial charge in [0.05, 0.1) is 10.4 Å². The van der Waals surface area contributed by atoms with Crippen LogP contribution in [0.3, 0.4) is 0 Å². The van der Waals surface area contributed by atoms with Crippen LogP contribution in [-0.4, -0.2) is 6.54 Å². The third-order valence-corrected chi connectivity index (χ3v) is 5.93. The van der Waals surface area contributed by atoms with E-state index in [4.69, 9.17) is 11.6 Å². The molecule has 1 N–H and O–H groups in total. The summed E-state index contributed by atoms with van der Waals surface area (Å²) in [5, 5.41) is 3.58. The van der Waals surface area contributed by atoms with Crippen LogP contribution in [-0.2, 0) is 12.8 Å². The summed E-state index contributed by atoms with van der Waals surface area (Å²) in [6, 6.07) is 6.86. The first-order valence-corrected chi connectivity index (χ1v) is 8.39. The summed E-state index contributed by atoms with van der Waals surface area (Å²) in [4.78, 5) is 4.36. The lowest BCUT2D eigenvalue weighted by Gasteiger charge is -2.14. The van der Waals surface area contributed by atoms with Gasteiger partial charge in [0.15, 0.2) is 0 Å². The zero-order chi connectivity index (χ0) is 12.5. The van der Waals surface area contributed by atoms with Crippen LogP contribution in [0, 0.1) is 0 Å². The Labute approximate surface area is 121 Å². The third kappa shape index (κ3) is 2.37. The van der Waals surface area contributed by atoms with E-state index in [1.807, 2.05) is 17.4 Å². The average Bonchev–Trinajstić information content (AvgIpc) is 3.00. The minimum atomic E-state index is 0.322. The van der Waals surface area contributed by atoms with Gasteiger partial charge in [0.25, 0.3) is 0 Å². The Hall–Kier alpha value is -0.350. The maximum Gasteiger partial charge on any atom is 0.0931 e. The van der Waals surface area contributed by atoms with Crippen molar-refractivity contribution in [2.45, 2.75) is 32.2 Å². The minimum Gasteiger partial charge on any atom is -0.305 e. The number of rotatable bonds is 4. The van der Waals surface area contributed by atoms with E-state index in [0.717, 1.165) is 10.9 Å². The van der Waals surface area contributed by atoms with Gasteiger partial charge in [-0.1, -0.05) is 18.5 Å². The molecule has 0 bridgehead atoms. The van der Waals surface area contributed by atoms with E-state index in [1.54, 1.807) is 21.8 Å². The van der Waals surface area contributed by atoms with Crippen LogP contribution >= 0.6 is 34.3 Å². The second kappa shape index (κ2) is 5.33. The molecule has 1 aliphatic rings. The third-order valence-electron chi connectivity index (χ3n) is 3.34. The fraction of sp³-hybridized carbons (Fsp3) is 0.429. The van der Waals surface area contributed by atoms with Gasteiger partial charge >= 0.3 is 0 Å². The molecule has 1 unspecified atom stereocenters. The van der Waals surface area contributed by atoms with Crippen molar-refractivity contribution in [3.8, 4) is 0 Å².